The van der Waals surface area contributed by atoms with Crippen LogP contribution in [-0.2, 0) is 10.0 Å². The monoisotopic (exact) mass is 427 g/mol. The van der Waals surface area contributed by atoms with Crippen molar-refractivity contribution in [3.63, 3.8) is 0 Å². The zero-order chi connectivity index (χ0) is 17.7. The Morgan fingerprint density at radius 3 is 2.04 bits per heavy atom. The van der Waals surface area contributed by atoms with Gasteiger partial charge in [-0.05, 0) is 80.5 Å². The van der Waals surface area contributed by atoms with Crippen LogP contribution in [-0.4, -0.2) is 20.0 Å². The molecule has 0 radical (unpaired) electrons. The van der Waals surface area contributed by atoms with Crippen molar-refractivity contribution in [2.24, 2.45) is 17.8 Å². The Bertz CT molecular complexity index is 744. The van der Waals surface area contributed by atoms with Crippen molar-refractivity contribution in [3.05, 3.63) is 28.7 Å². The van der Waals surface area contributed by atoms with Crippen molar-refractivity contribution >= 4 is 32.0 Å². The van der Waals surface area contributed by atoms with Crippen LogP contribution in [0.25, 0.3) is 0 Å². The fourth-order valence-electron chi connectivity index (χ4n) is 5.32. The van der Waals surface area contributed by atoms with Crippen LogP contribution in [0.4, 0.5) is 4.79 Å². The Morgan fingerprint density at radius 2 is 1.52 bits per heavy atom. The number of hydrogen-bond donors (Lipinski definition) is 3. The first-order valence-electron chi connectivity index (χ1n) is 8.69. The smallest absolute Gasteiger partial charge is 0.330 e. The number of carbonyl (C=O) groups is 1. The maximum absolute atomic E-state index is 12.3. The number of amides is 2. The predicted molar refractivity (Wildman–Crippen MR) is 97.0 cm³/mol. The fraction of sp³-hybridized carbons (Fsp3) is 0.588. The maximum Gasteiger partial charge on any atom is 0.330 e. The van der Waals surface area contributed by atoms with Crippen molar-refractivity contribution in [3.8, 4) is 0 Å². The lowest BCUT2D eigenvalue weighted by Crippen LogP contribution is -2.62. The largest absolute Gasteiger partial charge is 0.332 e. The lowest BCUT2D eigenvalue weighted by molar-refractivity contribution is -0.0136. The van der Waals surface area contributed by atoms with Crippen LogP contribution < -0.4 is 15.6 Å². The van der Waals surface area contributed by atoms with Gasteiger partial charge in [-0.25, -0.2) is 13.2 Å². The highest BCUT2D eigenvalue weighted by atomic mass is 79.9. The minimum atomic E-state index is -3.78. The molecule has 0 spiro atoms. The van der Waals surface area contributed by atoms with Crippen LogP contribution in [0, 0.1) is 17.8 Å². The Balaban J connectivity index is 1.37. The normalized spacial score (nSPS) is 33.2. The number of sulfonamides is 1. The molecule has 8 heteroatoms. The van der Waals surface area contributed by atoms with Crippen LogP contribution in [0.5, 0.6) is 0 Å². The van der Waals surface area contributed by atoms with Gasteiger partial charge in [-0.1, -0.05) is 15.9 Å². The molecule has 1 aromatic carbocycles. The third kappa shape index (κ3) is 3.57. The van der Waals surface area contributed by atoms with E-state index < -0.39 is 16.1 Å². The summed E-state index contributed by atoms with van der Waals surface area (Å²) in [6.45, 7) is 0. The molecule has 0 aliphatic heterocycles. The highest BCUT2D eigenvalue weighted by Gasteiger charge is 2.51. The highest BCUT2D eigenvalue weighted by molar-refractivity contribution is 9.10. The third-order valence-electron chi connectivity index (χ3n) is 5.84. The van der Waals surface area contributed by atoms with Crippen molar-refractivity contribution in [2.75, 3.05) is 0 Å². The Morgan fingerprint density at radius 1 is 1.00 bits per heavy atom. The number of urea groups is 1. The van der Waals surface area contributed by atoms with Crippen LogP contribution in [0.3, 0.4) is 0 Å². The van der Waals surface area contributed by atoms with E-state index in [0.717, 1.165) is 23.7 Å². The Labute approximate surface area is 156 Å². The quantitative estimate of drug-likeness (QED) is 0.645. The van der Waals surface area contributed by atoms with E-state index in [1.54, 1.807) is 12.1 Å². The first-order valence-corrected chi connectivity index (χ1v) is 11.0. The number of halogens is 1. The molecule has 5 rings (SSSR count). The molecule has 136 valence electrons. The molecule has 0 atom stereocenters. The number of nitrogens with one attached hydrogen (secondary N) is 3. The van der Waals surface area contributed by atoms with Crippen LogP contribution >= 0.6 is 15.9 Å². The molecule has 4 bridgehead atoms. The highest BCUT2D eigenvalue weighted by Crippen LogP contribution is 2.55. The molecule has 0 aromatic heterocycles. The summed E-state index contributed by atoms with van der Waals surface area (Å²) in [6, 6.07) is 5.77. The summed E-state index contributed by atoms with van der Waals surface area (Å²) in [6.07, 6.45) is 6.93. The third-order valence-corrected chi connectivity index (χ3v) is 7.63. The van der Waals surface area contributed by atoms with Crippen molar-refractivity contribution in [1.29, 1.82) is 0 Å². The number of hydrazine groups is 1. The Hall–Kier alpha value is -1.12. The molecule has 4 aliphatic rings. The summed E-state index contributed by atoms with van der Waals surface area (Å²) in [5.41, 5.74) is 2.16. The van der Waals surface area contributed by atoms with E-state index in [9.17, 15) is 13.2 Å². The van der Waals surface area contributed by atoms with Gasteiger partial charge >= 0.3 is 6.03 Å². The molecule has 0 heterocycles. The van der Waals surface area contributed by atoms with Gasteiger partial charge in [0.1, 0.15) is 0 Å². The molecule has 3 N–H and O–H groups in total. The van der Waals surface area contributed by atoms with E-state index in [1.807, 2.05) is 0 Å². The molecule has 0 unspecified atom stereocenters. The SMILES string of the molecule is O=C(NNS(=O)(=O)c1ccc(Br)cc1)NC12CC3CC(CC(C3)C1)C2. The molecule has 1 aromatic rings. The van der Waals surface area contributed by atoms with Gasteiger partial charge in [0.2, 0.25) is 0 Å². The summed E-state index contributed by atoms with van der Waals surface area (Å²) < 4.78 is 25.3. The van der Waals surface area contributed by atoms with Crippen LogP contribution in [0.2, 0.25) is 0 Å². The molecule has 6 nitrogen and oxygen atoms in total. The van der Waals surface area contributed by atoms with Gasteiger partial charge in [0.05, 0.1) is 4.90 Å². The molecule has 25 heavy (non-hydrogen) atoms. The first-order chi connectivity index (χ1) is 11.8. The van der Waals surface area contributed by atoms with Gasteiger partial charge in [-0.2, -0.15) is 0 Å². The summed E-state index contributed by atoms with van der Waals surface area (Å²) in [5.74, 6) is 2.14. The molecular formula is C17H22BrN3O3S. The molecule has 4 saturated carbocycles. The Kier molecular flexibility index (Phi) is 4.32. The summed E-state index contributed by atoms with van der Waals surface area (Å²) in [7, 11) is -3.78. The minimum Gasteiger partial charge on any atom is -0.332 e. The maximum atomic E-state index is 12.3. The molecular weight excluding hydrogens is 406 g/mol. The van der Waals surface area contributed by atoms with E-state index in [-0.39, 0.29) is 10.4 Å². The zero-order valence-corrected chi connectivity index (χ0v) is 16.2. The standard InChI is InChI=1S/C17H22BrN3O3S/c18-14-1-3-15(4-2-14)25(23,24)21-20-16(22)19-17-8-11-5-12(9-17)7-13(6-11)10-17/h1-4,11-13,21H,5-10H2,(H2,19,20,22). The van der Waals surface area contributed by atoms with Gasteiger partial charge in [0, 0.05) is 10.0 Å². The van der Waals surface area contributed by atoms with Crippen molar-refractivity contribution < 1.29 is 13.2 Å². The van der Waals surface area contributed by atoms with E-state index in [0.29, 0.717) is 17.8 Å². The van der Waals surface area contributed by atoms with E-state index in [4.69, 9.17) is 0 Å². The topological polar surface area (TPSA) is 87.3 Å². The van der Waals surface area contributed by atoms with E-state index in [2.05, 4.69) is 31.5 Å². The van der Waals surface area contributed by atoms with Crippen LogP contribution in [0.1, 0.15) is 38.5 Å². The van der Waals surface area contributed by atoms with Gasteiger partial charge in [0.25, 0.3) is 10.0 Å². The number of rotatable bonds is 4. The van der Waals surface area contributed by atoms with Crippen LogP contribution in [0.15, 0.2) is 33.6 Å². The molecule has 4 aliphatic carbocycles. The second kappa shape index (κ2) is 6.25. The lowest BCUT2D eigenvalue weighted by Gasteiger charge is -2.56. The van der Waals surface area contributed by atoms with Gasteiger partial charge in [0.15, 0.2) is 0 Å². The summed E-state index contributed by atoms with van der Waals surface area (Å²) in [4.78, 5) is 14.6. The average molecular weight is 428 g/mol. The summed E-state index contributed by atoms with van der Waals surface area (Å²) >= 11 is 3.27. The van der Waals surface area contributed by atoms with Crippen molar-refractivity contribution in [2.45, 2.75) is 49.0 Å². The van der Waals surface area contributed by atoms with Crippen molar-refractivity contribution in [1.82, 2.24) is 15.6 Å². The predicted octanol–water partition coefficient (Wildman–Crippen LogP) is 2.91. The first kappa shape index (κ1) is 17.3. The molecule has 4 fully saturated rings. The number of hydrogen-bond acceptors (Lipinski definition) is 3. The molecule has 0 saturated heterocycles. The molecule has 2 amide bonds. The second-order valence-corrected chi connectivity index (χ2v) is 10.4. The zero-order valence-electron chi connectivity index (χ0n) is 13.8. The van der Waals surface area contributed by atoms with Gasteiger partial charge in [-0.15, -0.1) is 4.83 Å². The van der Waals surface area contributed by atoms with Gasteiger partial charge < -0.3 is 5.32 Å². The second-order valence-electron chi connectivity index (χ2n) is 7.84. The van der Waals surface area contributed by atoms with Gasteiger partial charge in [-0.3, -0.25) is 5.43 Å². The van der Waals surface area contributed by atoms with E-state index in [1.165, 1.54) is 31.4 Å². The fourth-order valence-corrected chi connectivity index (χ4v) is 6.43. The number of carbonyl (C=O) groups excluding carboxylic acids is 1. The number of benzene rings is 1. The minimum absolute atomic E-state index is 0.103. The summed E-state index contributed by atoms with van der Waals surface area (Å²) in [5, 5.41) is 3.07. The van der Waals surface area contributed by atoms with E-state index >= 15 is 0 Å². The average Bonchev–Trinajstić information content (AvgIpc) is 2.52. The lowest BCUT2D eigenvalue weighted by atomic mass is 9.53.